The average Bonchev–Trinajstić information content (AvgIpc) is 2.58. The van der Waals surface area contributed by atoms with E-state index in [1.54, 1.807) is 0 Å². The first-order valence-corrected chi connectivity index (χ1v) is 9.35. The van der Waals surface area contributed by atoms with E-state index in [0.717, 1.165) is 43.7 Å². The Labute approximate surface area is 155 Å². The highest BCUT2D eigenvalue weighted by Crippen LogP contribution is 2.23. The van der Waals surface area contributed by atoms with Crippen LogP contribution in [0.25, 0.3) is 0 Å². The molecule has 0 radical (unpaired) electrons. The summed E-state index contributed by atoms with van der Waals surface area (Å²) in [5.41, 5.74) is 2.01. The Bertz CT molecular complexity index is 604. The summed E-state index contributed by atoms with van der Waals surface area (Å²) in [6, 6.07) is 5.70. The molecule has 0 aliphatic carbocycles. The van der Waals surface area contributed by atoms with Crippen molar-refractivity contribution in [3.63, 3.8) is 0 Å². The van der Waals surface area contributed by atoms with Crippen molar-refractivity contribution in [2.24, 2.45) is 5.92 Å². The maximum Gasteiger partial charge on any atom is 0.227 e. The second kappa shape index (κ2) is 8.67. The fourth-order valence-corrected chi connectivity index (χ4v) is 3.62. The molecule has 1 fully saturated rings. The highest BCUT2D eigenvalue weighted by atomic mass is 35.5. The minimum Gasteiger partial charge on any atom is -0.348 e. The molecule has 1 saturated heterocycles. The number of nitrogens with one attached hydrogen (secondary N) is 1. The van der Waals surface area contributed by atoms with Crippen LogP contribution in [0.4, 0.5) is 5.69 Å². The molecule has 1 N–H and O–H groups in total. The molecule has 1 unspecified atom stereocenters. The second-order valence-electron chi connectivity index (χ2n) is 6.19. The van der Waals surface area contributed by atoms with Crippen LogP contribution < -0.4 is 5.32 Å². The van der Waals surface area contributed by atoms with Crippen LogP contribution >= 0.6 is 23.8 Å². The van der Waals surface area contributed by atoms with Crippen molar-refractivity contribution in [1.29, 1.82) is 0 Å². The van der Waals surface area contributed by atoms with Crippen LogP contribution in [0.5, 0.6) is 0 Å². The Morgan fingerprint density at radius 3 is 2.75 bits per heavy atom. The molecule has 24 heavy (non-hydrogen) atoms. The van der Waals surface area contributed by atoms with Gasteiger partial charge in [0.05, 0.1) is 5.92 Å². The van der Waals surface area contributed by atoms with E-state index in [9.17, 15) is 4.79 Å². The van der Waals surface area contributed by atoms with Crippen LogP contribution in [0.2, 0.25) is 5.02 Å². The topological polar surface area (TPSA) is 35.6 Å². The molecule has 1 aliphatic heterocycles. The largest absolute Gasteiger partial charge is 0.348 e. The van der Waals surface area contributed by atoms with Gasteiger partial charge in [-0.1, -0.05) is 11.6 Å². The van der Waals surface area contributed by atoms with Crippen LogP contribution in [0.1, 0.15) is 32.3 Å². The van der Waals surface area contributed by atoms with Gasteiger partial charge < -0.3 is 15.1 Å². The number of piperidine rings is 1. The number of nitrogens with zero attached hydrogens (tertiary/aromatic N) is 2. The number of rotatable bonds is 4. The zero-order valence-corrected chi connectivity index (χ0v) is 16.2. The van der Waals surface area contributed by atoms with Gasteiger partial charge in [0.1, 0.15) is 0 Å². The molecule has 0 bridgehead atoms. The number of halogens is 1. The van der Waals surface area contributed by atoms with Gasteiger partial charge in [-0.3, -0.25) is 4.79 Å². The van der Waals surface area contributed by atoms with Crippen molar-refractivity contribution < 1.29 is 4.79 Å². The first-order valence-electron chi connectivity index (χ1n) is 8.57. The number of hydrogen-bond donors (Lipinski definition) is 1. The van der Waals surface area contributed by atoms with Crippen LogP contribution in [0.3, 0.4) is 0 Å². The summed E-state index contributed by atoms with van der Waals surface area (Å²) in [5.74, 6) is 0.278. The van der Waals surface area contributed by atoms with E-state index < -0.39 is 0 Å². The SMILES string of the molecule is CCN(CC)C(=O)C1CCCN(C(=S)Nc2ccc(Cl)cc2C)C1. The van der Waals surface area contributed by atoms with Crippen molar-refractivity contribution in [2.75, 3.05) is 31.5 Å². The molecular formula is C18H26ClN3OS. The summed E-state index contributed by atoms with van der Waals surface area (Å²) in [7, 11) is 0. The van der Waals surface area contributed by atoms with Crippen LogP contribution in [0, 0.1) is 12.8 Å². The van der Waals surface area contributed by atoms with Crippen molar-refractivity contribution >= 4 is 40.5 Å². The summed E-state index contributed by atoms with van der Waals surface area (Å²) in [6.45, 7) is 9.15. The lowest BCUT2D eigenvalue weighted by Crippen LogP contribution is -2.47. The molecule has 1 atom stereocenters. The zero-order valence-electron chi connectivity index (χ0n) is 14.6. The quantitative estimate of drug-likeness (QED) is 0.818. The molecule has 132 valence electrons. The molecular weight excluding hydrogens is 342 g/mol. The lowest BCUT2D eigenvalue weighted by molar-refractivity contribution is -0.136. The Morgan fingerprint density at radius 2 is 2.12 bits per heavy atom. The molecule has 0 aromatic heterocycles. The van der Waals surface area contributed by atoms with E-state index >= 15 is 0 Å². The van der Waals surface area contributed by atoms with Gasteiger partial charge in [0.25, 0.3) is 0 Å². The van der Waals surface area contributed by atoms with E-state index in [0.29, 0.717) is 16.7 Å². The zero-order chi connectivity index (χ0) is 17.7. The van der Waals surface area contributed by atoms with Gasteiger partial charge in [0.2, 0.25) is 5.91 Å². The Morgan fingerprint density at radius 1 is 1.42 bits per heavy atom. The minimum absolute atomic E-state index is 0.0321. The fourth-order valence-electron chi connectivity index (χ4n) is 3.12. The fraction of sp³-hybridized carbons (Fsp3) is 0.556. The first-order chi connectivity index (χ1) is 11.5. The second-order valence-corrected chi connectivity index (χ2v) is 7.01. The smallest absolute Gasteiger partial charge is 0.227 e. The number of carbonyl (C=O) groups is 1. The van der Waals surface area contributed by atoms with Crippen molar-refractivity contribution in [2.45, 2.75) is 33.6 Å². The molecule has 1 heterocycles. The van der Waals surface area contributed by atoms with Crippen LogP contribution in [-0.2, 0) is 4.79 Å². The summed E-state index contributed by atoms with van der Waals surface area (Å²) in [6.07, 6.45) is 1.92. The predicted molar refractivity (Wildman–Crippen MR) is 105 cm³/mol. The van der Waals surface area contributed by atoms with Gasteiger partial charge in [0.15, 0.2) is 5.11 Å². The van der Waals surface area contributed by atoms with Crippen molar-refractivity contribution in [3.8, 4) is 0 Å². The van der Waals surface area contributed by atoms with E-state index in [-0.39, 0.29) is 11.8 Å². The molecule has 1 aliphatic rings. The number of likely N-dealkylation sites (tertiary alicyclic amines) is 1. The van der Waals surface area contributed by atoms with E-state index in [1.165, 1.54) is 0 Å². The number of carbonyl (C=O) groups excluding carboxylic acids is 1. The molecule has 2 rings (SSSR count). The summed E-state index contributed by atoms with van der Waals surface area (Å²) < 4.78 is 0. The molecule has 1 aromatic rings. The first kappa shape index (κ1) is 19.0. The lowest BCUT2D eigenvalue weighted by atomic mass is 9.96. The average molecular weight is 368 g/mol. The van der Waals surface area contributed by atoms with Gasteiger partial charge in [-0.2, -0.15) is 0 Å². The molecule has 1 amide bonds. The summed E-state index contributed by atoms with van der Waals surface area (Å²) in [5, 5.41) is 4.69. The summed E-state index contributed by atoms with van der Waals surface area (Å²) in [4.78, 5) is 16.6. The number of anilines is 1. The number of benzene rings is 1. The van der Waals surface area contributed by atoms with Crippen molar-refractivity contribution in [3.05, 3.63) is 28.8 Å². The molecule has 0 spiro atoms. The minimum atomic E-state index is 0.0321. The molecule has 1 aromatic carbocycles. The third kappa shape index (κ3) is 4.61. The normalized spacial score (nSPS) is 17.5. The number of amides is 1. The van der Waals surface area contributed by atoms with Gasteiger partial charge in [-0.15, -0.1) is 0 Å². The molecule has 4 nitrogen and oxygen atoms in total. The number of hydrogen-bond acceptors (Lipinski definition) is 2. The standard InChI is InChI=1S/C18H26ClN3OS/c1-4-21(5-2)17(23)14-7-6-10-22(12-14)18(24)20-16-9-8-15(19)11-13(16)3/h8-9,11,14H,4-7,10,12H2,1-3H3,(H,20,24). The lowest BCUT2D eigenvalue weighted by Gasteiger charge is -2.36. The van der Waals surface area contributed by atoms with E-state index in [1.807, 2.05) is 43.9 Å². The summed E-state index contributed by atoms with van der Waals surface area (Å²) >= 11 is 11.6. The Kier molecular flexibility index (Phi) is 6.87. The predicted octanol–water partition coefficient (Wildman–Crippen LogP) is 3.93. The third-order valence-electron chi connectivity index (χ3n) is 4.56. The van der Waals surface area contributed by atoms with E-state index in [4.69, 9.17) is 23.8 Å². The Hall–Kier alpha value is -1.33. The third-order valence-corrected chi connectivity index (χ3v) is 5.16. The molecule has 0 saturated carbocycles. The molecule has 6 heteroatoms. The van der Waals surface area contributed by atoms with Crippen LogP contribution in [0.15, 0.2) is 18.2 Å². The van der Waals surface area contributed by atoms with Gasteiger partial charge in [-0.25, -0.2) is 0 Å². The Balaban J connectivity index is 2.01. The van der Waals surface area contributed by atoms with Crippen LogP contribution in [-0.4, -0.2) is 47.0 Å². The number of aryl methyl sites for hydroxylation is 1. The van der Waals surface area contributed by atoms with Gasteiger partial charge >= 0.3 is 0 Å². The van der Waals surface area contributed by atoms with E-state index in [2.05, 4.69) is 10.2 Å². The van der Waals surface area contributed by atoms with Crippen molar-refractivity contribution in [1.82, 2.24) is 9.80 Å². The highest BCUT2D eigenvalue weighted by Gasteiger charge is 2.29. The number of thiocarbonyl (C=S) groups is 1. The maximum absolute atomic E-state index is 12.6. The van der Waals surface area contributed by atoms with Gasteiger partial charge in [-0.05, 0) is 69.6 Å². The monoisotopic (exact) mass is 367 g/mol. The van der Waals surface area contributed by atoms with Gasteiger partial charge in [0, 0.05) is 36.9 Å². The maximum atomic E-state index is 12.6. The highest BCUT2D eigenvalue weighted by molar-refractivity contribution is 7.80.